The summed E-state index contributed by atoms with van der Waals surface area (Å²) in [5.74, 6) is -0.166. The van der Waals surface area contributed by atoms with Gasteiger partial charge in [0.2, 0.25) is 5.95 Å². The second kappa shape index (κ2) is 7.13. The standard InChI is InChI=1S/C17H18ClFN4O/c1-11-7-12(4-5-14(11)18)17(24)23-6-2-3-13(23)9-20-16-8-15(19)21-10-22-16/h4-5,7-8,10,13H,2-3,6,9H2,1H3,(H,20,21,22)/t13-/m1/s1. The van der Waals surface area contributed by atoms with E-state index in [0.29, 0.717) is 29.5 Å². The summed E-state index contributed by atoms with van der Waals surface area (Å²) < 4.78 is 13.1. The molecule has 1 aromatic carbocycles. The number of benzene rings is 1. The lowest BCUT2D eigenvalue weighted by Crippen LogP contribution is -2.39. The molecule has 7 heteroatoms. The summed E-state index contributed by atoms with van der Waals surface area (Å²) >= 11 is 6.03. The van der Waals surface area contributed by atoms with Gasteiger partial charge in [-0.05, 0) is 43.5 Å². The number of amides is 1. The topological polar surface area (TPSA) is 58.1 Å². The highest BCUT2D eigenvalue weighted by Gasteiger charge is 2.29. The van der Waals surface area contributed by atoms with E-state index < -0.39 is 5.95 Å². The van der Waals surface area contributed by atoms with Gasteiger partial charge in [-0.3, -0.25) is 4.79 Å². The van der Waals surface area contributed by atoms with Crippen molar-refractivity contribution in [3.8, 4) is 0 Å². The molecule has 1 fully saturated rings. The van der Waals surface area contributed by atoms with Crippen LogP contribution in [0.25, 0.3) is 0 Å². The van der Waals surface area contributed by atoms with Crippen molar-refractivity contribution in [3.63, 3.8) is 0 Å². The summed E-state index contributed by atoms with van der Waals surface area (Å²) in [7, 11) is 0. The molecule has 1 aromatic heterocycles. The fourth-order valence-corrected chi connectivity index (χ4v) is 3.03. The van der Waals surface area contributed by atoms with Crippen LogP contribution in [0.1, 0.15) is 28.8 Å². The monoisotopic (exact) mass is 348 g/mol. The Balaban J connectivity index is 1.68. The zero-order valence-electron chi connectivity index (χ0n) is 13.3. The first-order valence-electron chi connectivity index (χ1n) is 7.83. The van der Waals surface area contributed by atoms with Crippen molar-refractivity contribution in [2.75, 3.05) is 18.4 Å². The van der Waals surface area contributed by atoms with Crippen molar-refractivity contribution < 1.29 is 9.18 Å². The van der Waals surface area contributed by atoms with Gasteiger partial charge in [-0.15, -0.1) is 0 Å². The average Bonchev–Trinajstić information content (AvgIpc) is 3.03. The second-order valence-electron chi connectivity index (χ2n) is 5.87. The predicted molar refractivity (Wildman–Crippen MR) is 90.7 cm³/mol. The second-order valence-corrected chi connectivity index (χ2v) is 6.27. The van der Waals surface area contributed by atoms with Crippen molar-refractivity contribution >= 4 is 23.3 Å². The number of aryl methyl sites for hydroxylation is 1. The Hall–Kier alpha value is -2.21. The van der Waals surface area contributed by atoms with Crippen LogP contribution in [-0.4, -0.2) is 39.9 Å². The van der Waals surface area contributed by atoms with Crippen molar-refractivity contribution in [2.45, 2.75) is 25.8 Å². The molecule has 0 bridgehead atoms. The van der Waals surface area contributed by atoms with Gasteiger partial charge in [0.05, 0.1) is 0 Å². The quantitative estimate of drug-likeness (QED) is 0.861. The maximum Gasteiger partial charge on any atom is 0.254 e. The van der Waals surface area contributed by atoms with E-state index in [0.717, 1.165) is 18.4 Å². The Labute approximate surface area is 144 Å². The maximum absolute atomic E-state index is 13.1. The third kappa shape index (κ3) is 3.64. The van der Waals surface area contributed by atoms with E-state index in [1.807, 2.05) is 17.9 Å². The summed E-state index contributed by atoms with van der Waals surface area (Å²) in [5, 5.41) is 3.73. The minimum Gasteiger partial charge on any atom is -0.368 e. The summed E-state index contributed by atoms with van der Waals surface area (Å²) in [6, 6.07) is 6.60. The van der Waals surface area contributed by atoms with E-state index in [2.05, 4.69) is 15.3 Å². The van der Waals surface area contributed by atoms with Gasteiger partial charge in [-0.1, -0.05) is 11.6 Å². The zero-order valence-corrected chi connectivity index (χ0v) is 14.1. The number of likely N-dealkylation sites (tertiary alicyclic amines) is 1. The number of nitrogens with zero attached hydrogens (tertiary/aromatic N) is 3. The van der Waals surface area contributed by atoms with Crippen molar-refractivity contribution in [3.05, 3.63) is 52.7 Å². The lowest BCUT2D eigenvalue weighted by molar-refractivity contribution is 0.0743. The zero-order chi connectivity index (χ0) is 17.1. The largest absolute Gasteiger partial charge is 0.368 e. The number of carbonyl (C=O) groups is 1. The van der Waals surface area contributed by atoms with Gasteiger partial charge in [-0.2, -0.15) is 4.39 Å². The molecule has 1 aliphatic rings. The van der Waals surface area contributed by atoms with E-state index in [4.69, 9.17) is 11.6 Å². The lowest BCUT2D eigenvalue weighted by Gasteiger charge is -2.25. The molecule has 1 N–H and O–H groups in total. The average molecular weight is 349 g/mol. The van der Waals surface area contributed by atoms with Gasteiger partial charge in [0, 0.05) is 35.8 Å². The predicted octanol–water partition coefficient (Wildman–Crippen LogP) is 3.29. The van der Waals surface area contributed by atoms with Gasteiger partial charge < -0.3 is 10.2 Å². The molecule has 0 aliphatic carbocycles. The van der Waals surface area contributed by atoms with E-state index in [-0.39, 0.29) is 11.9 Å². The van der Waals surface area contributed by atoms with Crippen LogP contribution in [0.15, 0.2) is 30.6 Å². The molecule has 126 valence electrons. The molecule has 5 nitrogen and oxygen atoms in total. The van der Waals surface area contributed by atoms with Crippen molar-refractivity contribution in [1.82, 2.24) is 14.9 Å². The molecule has 2 aromatic rings. The van der Waals surface area contributed by atoms with Gasteiger partial charge in [-0.25, -0.2) is 9.97 Å². The molecule has 3 rings (SSSR count). The normalized spacial score (nSPS) is 17.1. The minimum absolute atomic E-state index is 0.00654. The summed E-state index contributed by atoms with van der Waals surface area (Å²) in [4.78, 5) is 22.0. The number of aromatic nitrogens is 2. The number of anilines is 1. The third-order valence-electron chi connectivity index (χ3n) is 4.20. The molecule has 0 radical (unpaired) electrons. The molecule has 2 heterocycles. The molecule has 0 saturated carbocycles. The maximum atomic E-state index is 13.1. The highest BCUT2D eigenvalue weighted by Crippen LogP contribution is 2.23. The first-order valence-corrected chi connectivity index (χ1v) is 8.21. The van der Waals surface area contributed by atoms with E-state index in [9.17, 15) is 9.18 Å². The van der Waals surface area contributed by atoms with E-state index >= 15 is 0 Å². The van der Waals surface area contributed by atoms with Crippen LogP contribution in [-0.2, 0) is 0 Å². The first-order chi connectivity index (χ1) is 11.5. The Morgan fingerprint density at radius 3 is 3.00 bits per heavy atom. The van der Waals surface area contributed by atoms with E-state index in [1.165, 1.54) is 12.4 Å². The molecule has 1 amide bonds. The van der Waals surface area contributed by atoms with Gasteiger partial charge in [0.15, 0.2) is 0 Å². The number of hydrogen-bond acceptors (Lipinski definition) is 4. The molecule has 1 aliphatic heterocycles. The lowest BCUT2D eigenvalue weighted by atomic mass is 10.1. The fourth-order valence-electron chi connectivity index (χ4n) is 2.91. The molecular formula is C17H18ClFN4O. The number of halogens is 2. The number of nitrogens with one attached hydrogen (secondary N) is 1. The molecular weight excluding hydrogens is 331 g/mol. The van der Waals surface area contributed by atoms with Crippen LogP contribution in [0.3, 0.4) is 0 Å². The number of hydrogen-bond donors (Lipinski definition) is 1. The summed E-state index contributed by atoms with van der Waals surface area (Å²) in [5.41, 5.74) is 1.52. The SMILES string of the molecule is Cc1cc(C(=O)N2CCC[C@@H]2CNc2cc(F)ncn2)ccc1Cl. The number of carbonyl (C=O) groups excluding carboxylic acids is 1. The van der Waals surface area contributed by atoms with Crippen LogP contribution in [0, 0.1) is 12.9 Å². The van der Waals surface area contributed by atoms with Gasteiger partial charge in [0.1, 0.15) is 12.1 Å². The summed E-state index contributed by atoms with van der Waals surface area (Å²) in [6.45, 7) is 3.12. The van der Waals surface area contributed by atoms with E-state index in [1.54, 1.807) is 12.1 Å². The Kier molecular flexibility index (Phi) is 4.94. The molecule has 1 saturated heterocycles. The third-order valence-corrected chi connectivity index (χ3v) is 4.62. The van der Waals surface area contributed by atoms with Crippen LogP contribution < -0.4 is 5.32 Å². The van der Waals surface area contributed by atoms with Crippen LogP contribution in [0.4, 0.5) is 10.2 Å². The van der Waals surface area contributed by atoms with Gasteiger partial charge >= 0.3 is 0 Å². The first kappa shape index (κ1) is 16.6. The van der Waals surface area contributed by atoms with Crippen LogP contribution >= 0.6 is 11.6 Å². The highest BCUT2D eigenvalue weighted by molar-refractivity contribution is 6.31. The summed E-state index contributed by atoms with van der Waals surface area (Å²) in [6.07, 6.45) is 3.02. The smallest absolute Gasteiger partial charge is 0.254 e. The van der Waals surface area contributed by atoms with Crippen LogP contribution in [0.2, 0.25) is 5.02 Å². The molecule has 0 spiro atoms. The Bertz CT molecular complexity index is 755. The van der Waals surface area contributed by atoms with Crippen molar-refractivity contribution in [2.24, 2.45) is 0 Å². The Morgan fingerprint density at radius 2 is 2.25 bits per heavy atom. The van der Waals surface area contributed by atoms with Gasteiger partial charge in [0.25, 0.3) is 5.91 Å². The molecule has 1 atom stereocenters. The van der Waals surface area contributed by atoms with Crippen LogP contribution in [0.5, 0.6) is 0 Å². The minimum atomic E-state index is -0.580. The highest BCUT2D eigenvalue weighted by atomic mass is 35.5. The fraction of sp³-hybridized carbons (Fsp3) is 0.353. The molecule has 24 heavy (non-hydrogen) atoms. The Morgan fingerprint density at radius 1 is 1.42 bits per heavy atom. The number of rotatable bonds is 4. The van der Waals surface area contributed by atoms with Crippen molar-refractivity contribution in [1.29, 1.82) is 0 Å². The molecule has 0 unspecified atom stereocenters.